The van der Waals surface area contributed by atoms with Crippen LogP contribution >= 0.6 is 11.5 Å². The van der Waals surface area contributed by atoms with Crippen LogP contribution in [0.3, 0.4) is 0 Å². The maximum atomic E-state index is 12.9. The van der Waals surface area contributed by atoms with Crippen molar-refractivity contribution in [2.45, 2.75) is 32.4 Å². The third kappa shape index (κ3) is 4.27. The highest BCUT2D eigenvalue weighted by Crippen LogP contribution is 2.24. The van der Waals surface area contributed by atoms with E-state index >= 15 is 0 Å². The standard InChI is InChI=1S/C16H20FN3O2S/c1-9(8-13(21)11-4-6-12(17)7-5-11)19-15(22)14-10(2)20-23-16(14)18-3/h4-7,9,13,18,21H,8H2,1-3H3,(H,19,22). The summed E-state index contributed by atoms with van der Waals surface area (Å²) in [6.07, 6.45) is -0.431. The summed E-state index contributed by atoms with van der Waals surface area (Å²) < 4.78 is 17.1. The number of hydrogen-bond acceptors (Lipinski definition) is 5. The number of carbonyl (C=O) groups is 1. The Morgan fingerprint density at radius 2 is 2.04 bits per heavy atom. The zero-order chi connectivity index (χ0) is 17.0. The van der Waals surface area contributed by atoms with E-state index in [1.54, 1.807) is 26.1 Å². The first-order chi connectivity index (χ1) is 10.9. The average Bonchev–Trinajstić information content (AvgIpc) is 2.88. The van der Waals surface area contributed by atoms with E-state index in [0.29, 0.717) is 28.2 Å². The van der Waals surface area contributed by atoms with Crippen LogP contribution in [0.4, 0.5) is 9.39 Å². The lowest BCUT2D eigenvalue weighted by Gasteiger charge is -2.18. The van der Waals surface area contributed by atoms with Crippen molar-refractivity contribution < 1.29 is 14.3 Å². The fraction of sp³-hybridized carbons (Fsp3) is 0.375. The van der Waals surface area contributed by atoms with Crippen molar-refractivity contribution >= 4 is 22.4 Å². The smallest absolute Gasteiger partial charge is 0.256 e. The van der Waals surface area contributed by atoms with Crippen molar-refractivity contribution in [2.24, 2.45) is 0 Å². The molecule has 0 fully saturated rings. The van der Waals surface area contributed by atoms with Crippen molar-refractivity contribution in [3.05, 3.63) is 46.9 Å². The van der Waals surface area contributed by atoms with Gasteiger partial charge in [-0.3, -0.25) is 4.79 Å². The number of rotatable bonds is 6. The highest BCUT2D eigenvalue weighted by atomic mass is 32.1. The summed E-state index contributed by atoms with van der Waals surface area (Å²) in [6, 6.07) is 5.45. The molecule has 2 rings (SSSR count). The largest absolute Gasteiger partial charge is 0.388 e. The Kier molecular flexibility index (Phi) is 5.68. The fourth-order valence-corrected chi connectivity index (χ4v) is 3.06. The fourth-order valence-electron chi connectivity index (χ4n) is 2.32. The van der Waals surface area contributed by atoms with Crippen LogP contribution in [-0.4, -0.2) is 28.5 Å². The number of nitrogens with zero attached hydrogens (tertiary/aromatic N) is 1. The van der Waals surface area contributed by atoms with Crippen molar-refractivity contribution in [1.29, 1.82) is 0 Å². The Morgan fingerprint density at radius 3 is 2.65 bits per heavy atom. The predicted molar refractivity (Wildman–Crippen MR) is 89.3 cm³/mol. The molecule has 1 aromatic carbocycles. The Morgan fingerprint density at radius 1 is 1.39 bits per heavy atom. The van der Waals surface area contributed by atoms with Crippen LogP contribution in [0.1, 0.15) is 41.1 Å². The van der Waals surface area contributed by atoms with Gasteiger partial charge in [-0.1, -0.05) is 12.1 Å². The number of aliphatic hydroxyl groups excluding tert-OH is 1. The molecule has 124 valence electrons. The highest BCUT2D eigenvalue weighted by Gasteiger charge is 2.20. The number of anilines is 1. The van der Waals surface area contributed by atoms with Gasteiger partial charge in [0.25, 0.3) is 5.91 Å². The van der Waals surface area contributed by atoms with Gasteiger partial charge < -0.3 is 15.7 Å². The molecule has 23 heavy (non-hydrogen) atoms. The molecule has 1 heterocycles. The first kappa shape index (κ1) is 17.4. The summed E-state index contributed by atoms with van der Waals surface area (Å²) in [5.41, 5.74) is 1.82. The maximum absolute atomic E-state index is 12.9. The molecule has 0 spiro atoms. The molecular weight excluding hydrogens is 317 g/mol. The number of aromatic nitrogens is 1. The number of nitrogens with one attached hydrogen (secondary N) is 2. The molecule has 1 amide bonds. The SMILES string of the molecule is CNc1snc(C)c1C(=O)NC(C)CC(O)c1ccc(F)cc1. The van der Waals surface area contributed by atoms with Crippen LogP contribution in [0, 0.1) is 12.7 Å². The van der Waals surface area contributed by atoms with E-state index < -0.39 is 6.10 Å². The topological polar surface area (TPSA) is 74.2 Å². The minimum absolute atomic E-state index is 0.223. The highest BCUT2D eigenvalue weighted by molar-refractivity contribution is 7.10. The average molecular weight is 337 g/mol. The summed E-state index contributed by atoms with van der Waals surface area (Å²) >= 11 is 1.24. The normalized spacial score (nSPS) is 13.4. The summed E-state index contributed by atoms with van der Waals surface area (Å²) in [7, 11) is 1.74. The summed E-state index contributed by atoms with van der Waals surface area (Å²) in [6.45, 7) is 3.60. The first-order valence-corrected chi connectivity index (χ1v) is 8.08. The van der Waals surface area contributed by atoms with Crippen LogP contribution in [0.2, 0.25) is 0 Å². The van der Waals surface area contributed by atoms with Gasteiger partial charge in [0, 0.05) is 13.1 Å². The van der Waals surface area contributed by atoms with Crippen molar-refractivity contribution in [3.63, 3.8) is 0 Å². The summed E-state index contributed by atoms with van der Waals surface area (Å²) in [5, 5.41) is 16.7. The Balaban J connectivity index is 1.98. The van der Waals surface area contributed by atoms with E-state index in [2.05, 4.69) is 15.0 Å². The van der Waals surface area contributed by atoms with Crippen molar-refractivity contribution in [3.8, 4) is 0 Å². The number of amides is 1. The Bertz CT molecular complexity index is 672. The van der Waals surface area contributed by atoms with E-state index in [-0.39, 0.29) is 17.8 Å². The minimum atomic E-state index is -0.767. The molecule has 0 aliphatic carbocycles. The van der Waals surface area contributed by atoms with E-state index in [1.165, 1.54) is 23.7 Å². The lowest BCUT2D eigenvalue weighted by atomic mass is 10.0. The van der Waals surface area contributed by atoms with Gasteiger partial charge in [0.15, 0.2) is 0 Å². The first-order valence-electron chi connectivity index (χ1n) is 7.30. The van der Waals surface area contributed by atoms with E-state index in [0.717, 1.165) is 0 Å². The van der Waals surface area contributed by atoms with Crippen LogP contribution < -0.4 is 10.6 Å². The zero-order valence-electron chi connectivity index (χ0n) is 13.3. The number of benzene rings is 1. The van der Waals surface area contributed by atoms with Crippen molar-refractivity contribution in [1.82, 2.24) is 9.69 Å². The molecular formula is C16H20FN3O2S. The molecule has 0 aliphatic rings. The van der Waals surface area contributed by atoms with Crippen LogP contribution in [-0.2, 0) is 0 Å². The molecule has 0 bridgehead atoms. The van der Waals surface area contributed by atoms with E-state index in [9.17, 15) is 14.3 Å². The predicted octanol–water partition coefficient (Wildman–Crippen LogP) is 2.87. The molecule has 2 aromatic rings. The number of carbonyl (C=O) groups excluding carboxylic acids is 1. The van der Waals surface area contributed by atoms with Gasteiger partial charge in [-0.2, -0.15) is 4.37 Å². The number of aliphatic hydroxyl groups is 1. The molecule has 3 N–H and O–H groups in total. The molecule has 0 aliphatic heterocycles. The minimum Gasteiger partial charge on any atom is -0.388 e. The van der Waals surface area contributed by atoms with Crippen LogP contribution in [0.25, 0.3) is 0 Å². The maximum Gasteiger partial charge on any atom is 0.256 e. The second kappa shape index (κ2) is 7.52. The van der Waals surface area contributed by atoms with Crippen LogP contribution in [0.15, 0.2) is 24.3 Å². The molecule has 2 atom stereocenters. The number of hydrogen-bond donors (Lipinski definition) is 3. The van der Waals surface area contributed by atoms with Crippen molar-refractivity contribution in [2.75, 3.05) is 12.4 Å². The third-order valence-corrected chi connectivity index (χ3v) is 4.48. The van der Waals surface area contributed by atoms with E-state index in [1.807, 2.05) is 6.92 Å². The quantitative estimate of drug-likeness (QED) is 0.758. The molecule has 0 radical (unpaired) electrons. The second-order valence-corrected chi connectivity index (χ2v) is 6.17. The summed E-state index contributed by atoms with van der Waals surface area (Å²) in [5.74, 6) is -0.568. The lowest BCUT2D eigenvalue weighted by Crippen LogP contribution is -2.34. The zero-order valence-corrected chi connectivity index (χ0v) is 14.1. The summed E-state index contributed by atoms with van der Waals surface area (Å²) in [4.78, 5) is 12.4. The van der Waals surface area contributed by atoms with Gasteiger partial charge in [-0.25, -0.2) is 4.39 Å². The lowest BCUT2D eigenvalue weighted by molar-refractivity contribution is 0.0917. The van der Waals surface area contributed by atoms with E-state index in [4.69, 9.17) is 0 Å². The Hall–Kier alpha value is -1.99. The number of aryl methyl sites for hydroxylation is 1. The van der Waals surface area contributed by atoms with Gasteiger partial charge in [0.1, 0.15) is 10.8 Å². The second-order valence-electron chi connectivity index (χ2n) is 5.40. The Labute approximate surface area is 138 Å². The molecule has 0 saturated heterocycles. The van der Waals surface area contributed by atoms with Gasteiger partial charge in [0.2, 0.25) is 0 Å². The molecule has 0 saturated carbocycles. The van der Waals surface area contributed by atoms with Gasteiger partial charge in [0.05, 0.1) is 17.4 Å². The van der Waals surface area contributed by atoms with Gasteiger partial charge in [-0.05, 0) is 49.5 Å². The molecule has 2 unspecified atom stereocenters. The molecule has 7 heteroatoms. The van der Waals surface area contributed by atoms with Crippen LogP contribution in [0.5, 0.6) is 0 Å². The molecule has 5 nitrogen and oxygen atoms in total. The molecule has 1 aromatic heterocycles. The van der Waals surface area contributed by atoms with Gasteiger partial charge in [-0.15, -0.1) is 0 Å². The monoisotopic (exact) mass is 337 g/mol. The third-order valence-electron chi connectivity index (χ3n) is 3.53. The van der Waals surface area contributed by atoms with Gasteiger partial charge >= 0.3 is 0 Å². The number of halogens is 1.